The zero-order valence-electron chi connectivity index (χ0n) is 14.3. The molecule has 1 aromatic heterocycles. The van der Waals surface area contributed by atoms with Crippen molar-refractivity contribution < 1.29 is 22.5 Å². The van der Waals surface area contributed by atoms with Crippen LogP contribution in [0.3, 0.4) is 0 Å². The zero-order valence-corrected chi connectivity index (χ0v) is 14.3. The maximum atomic E-state index is 12.3. The van der Waals surface area contributed by atoms with Crippen LogP contribution in [-0.4, -0.2) is 58.2 Å². The molecule has 0 saturated carbocycles. The lowest BCUT2D eigenvalue weighted by atomic mass is 10.1. The number of carbonyl (C=O) groups excluding carboxylic acids is 1. The highest BCUT2D eigenvalue weighted by atomic mass is 19.4. The molecule has 0 N–H and O–H groups in total. The third-order valence-corrected chi connectivity index (χ3v) is 4.21. The Labute approximate surface area is 148 Å². The van der Waals surface area contributed by atoms with Gasteiger partial charge < -0.3 is 9.42 Å². The van der Waals surface area contributed by atoms with Gasteiger partial charge in [0.2, 0.25) is 17.6 Å². The number of carbonyl (C=O) groups is 1. The van der Waals surface area contributed by atoms with Crippen LogP contribution in [0.2, 0.25) is 0 Å². The minimum absolute atomic E-state index is 0.258. The Balaban J connectivity index is 1.52. The van der Waals surface area contributed by atoms with Gasteiger partial charge in [0.05, 0.1) is 6.54 Å². The molecule has 2 heterocycles. The van der Waals surface area contributed by atoms with Gasteiger partial charge in [-0.3, -0.25) is 9.69 Å². The van der Waals surface area contributed by atoms with E-state index >= 15 is 0 Å². The van der Waals surface area contributed by atoms with Crippen LogP contribution in [-0.2, 0) is 11.3 Å². The van der Waals surface area contributed by atoms with Gasteiger partial charge in [0, 0.05) is 31.7 Å². The SMILES string of the molecule is Cc1ccc(-c2noc(CN3CCN(C(=O)CC(F)(F)F)CC3)n2)cc1. The summed E-state index contributed by atoms with van der Waals surface area (Å²) in [6.07, 6.45) is -5.87. The number of nitrogens with zero attached hydrogens (tertiary/aromatic N) is 4. The fourth-order valence-electron chi connectivity index (χ4n) is 2.77. The second kappa shape index (κ2) is 7.45. The van der Waals surface area contributed by atoms with Crippen molar-refractivity contribution in [3.8, 4) is 11.4 Å². The highest BCUT2D eigenvalue weighted by Gasteiger charge is 2.34. The predicted molar refractivity (Wildman–Crippen MR) is 87.0 cm³/mol. The van der Waals surface area contributed by atoms with Crippen molar-refractivity contribution in [2.45, 2.75) is 26.1 Å². The molecule has 1 amide bonds. The Morgan fingerprint density at radius 2 is 1.81 bits per heavy atom. The molecule has 2 aromatic rings. The van der Waals surface area contributed by atoms with Crippen molar-refractivity contribution in [3.05, 3.63) is 35.7 Å². The lowest BCUT2D eigenvalue weighted by Gasteiger charge is -2.34. The third kappa shape index (κ3) is 4.81. The summed E-state index contributed by atoms with van der Waals surface area (Å²) in [4.78, 5) is 19.2. The molecule has 0 bridgehead atoms. The Kier molecular flexibility index (Phi) is 5.26. The summed E-state index contributed by atoms with van der Waals surface area (Å²) in [5, 5.41) is 3.96. The molecule has 140 valence electrons. The molecule has 0 spiro atoms. The van der Waals surface area contributed by atoms with Crippen LogP contribution in [0.4, 0.5) is 13.2 Å². The van der Waals surface area contributed by atoms with Crippen LogP contribution in [0.5, 0.6) is 0 Å². The topological polar surface area (TPSA) is 62.5 Å². The average Bonchev–Trinajstić information content (AvgIpc) is 3.03. The maximum Gasteiger partial charge on any atom is 0.397 e. The quantitative estimate of drug-likeness (QED) is 0.830. The van der Waals surface area contributed by atoms with Gasteiger partial charge in [-0.25, -0.2) is 0 Å². The van der Waals surface area contributed by atoms with Crippen molar-refractivity contribution in [1.29, 1.82) is 0 Å². The monoisotopic (exact) mass is 368 g/mol. The molecule has 1 aliphatic rings. The van der Waals surface area contributed by atoms with Gasteiger partial charge in [-0.15, -0.1) is 0 Å². The molecular formula is C17H19F3N4O2. The van der Waals surface area contributed by atoms with E-state index in [9.17, 15) is 18.0 Å². The second-order valence-electron chi connectivity index (χ2n) is 6.33. The zero-order chi connectivity index (χ0) is 18.7. The van der Waals surface area contributed by atoms with E-state index in [0.29, 0.717) is 31.3 Å². The summed E-state index contributed by atoms with van der Waals surface area (Å²) in [7, 11) is 0. The minimum atomic E-state index is -4.47. The van der Waals surface area contributed by atoms with Gasteiger partial charge in [-0.1, -0.05) is 35.0 Å². The molecule has 0 unspecified atom stereocenters. The highest BCUT2D eigenvalue weighted by Crippen LogP contribution is 2.21. The fourth-order valence-corrected chi connectivity index (χ4v) is 2.77. The van der Waals surface area contributed by atoms with Crippen molar-refractivity contribution >= 4 is 5.91 Å². The summed E-state index contributed by atoms with van der Waals surface area (Å²) in [5.41, 5.74) is 1.99. The molecule has 0 radical (unpaired) electrons. The van der Waals surface area contributed by atoms with Crippen molar-refractivity contribution in [2.75, 3.05) is 26.2 Å². The molecule has 9 heteroatoms. The first-order chi connectivity index (χ1) is 12.3. The second-order valence-corrected chi connectivity index (χ2v) is 6.33. The van der Waals surface area contributed by atoms with Gasteiger partial charge >= 0.3 is 6.18 Å². The van der Waals surface area contributed by atoms with E-state index in [1.54, 1.807) is 0 Å². The smallest absolute Gasteiger partial charge is 0.340 e. The van der Waals surface area contributed by atoms with Crippen LogP contribution in [0.1, 0.15) is 17.9 Å². The lowest BCUT2D eigenvalue weighted by molar-refractivity contribution is -0.162. The van der Waals surface area contributed by atoms with E-state index in [-0.39, 0.29) is 13.1 Å². The summed E-state index contributed by atoms with van der Waals surface area (Å²) >= 11 is 0. The largest absolute Gasteiger partial charge is 0.397 e. The van der Waals surface area contributed by atoms with Gasteiger partial charge in [0.1, 0.15) is 6.42 Å². The lowest BCUT2D eigenvalue weighted by Crippen LogP contribution is -2.49. The molecule has 0 atom stereocenters. The number of rotatable bonds is 4. The van der Waals surface area contributed by atoms with Crippen LogP contribution in [0.15, 0.2) is 28.8 Å². The average molecular weight is 368 g/mol. The molecule has 1 aliphatic heterocycles. The first-order valence-corrected chi connectivity index (χ1v) is 8.27. The van der Waals surface area contributed by atoms with E-state index in [2.05, 4.69) is 10.1 Å². The fraction of sp³-hybridized carbons (Fsp3) is 0.471. The summed E-state index contributed by atoms with van der Waals surface area (Å²) in [6, 6.07) is 7.75. The van der Waals surface area contributed by atoms with Gasteiger partial charge in [0.25, 0.3) is 0 Å². The summed E-state index contributed by atoms with van der Waals surface area (Å²) < 4.78 is 42.2. The highest BCUT2D eigenvalue weighted by molar-refractivity contribution is 5.77. The molecule has 0 aliphatic carbocycles. The number of piperazine rings is 1. The first-order valence-electron chi connectivity index (χ1n) is 8.27. The van der Waals surface area contributed by atoms with Crippen molar-refractivity contribution in [1.82, 2.24) is 19.9 Å². The Morgan fingerprint density at radius 1 is 1.15 bits per heavy atom. The number of aromatic nitrogens is 2. The van der Waals surface area contributed by atoms with E-state index in [0.717, 1.165) is 11.1 Å². The molecule has 1 fully saturated rings. The molecular weight excluding hydrogens is 349 g/mol. The summed E-state index contributed by atoms with van der Waals surface area (Å²) in [5.74, 6) is 0.0613. The van der Waals surface area contributed by atoms with E-state index in [4.69, 9.17) is 4.52 Å². The van der Waals surface area contributed by atoms with E-state index in [1.165, 1.54) is 4.90 Å². The van der Waals surface area contributed by atoms with Crippen LogP contribution in [0, 0.1) is 6.92 Å². The number of halogens is 3. The van der Waals surface area contributed by atoms with Crippen molar-refractivity contribution in [3.63, 3.8) is 0 Å². The normalized spacial score (nSPS) is 16.1. The molecule has 3 rings (SSSR count). The van der Waals surface area contributed by atoms with Crippen LogP contribution in [0.25, 0.3) is 11.4 Å². The Morgan fingerprint density at radius 3 is 2.42 bits per heavy atom. The Bertz CT molecular complexity index is 750. The number of benzene rings is 1. The number of aryl methyl sites for hydroxylation is 1. The first kappa shape index (κ1) is 18.4. The number of alkyl halides is 3. The number of hydrogen-bond donors (Lipinski definition) is 0. The van der Waals surface area contributed by atoms with Crippen LogP contribution >= 0.6 is 0 Å². The minimum Gasteiger partial charge on any atom is -0.340 e. The number of amides is 1. The van der Waals surface area contributed by atoms with E-state index < -0.39 is 18.5 Å². The van der Waals surface area contributed by atoms with Crippen LogP contribution < -0.4 is 0 Å². The molecule has 1 aromatic carbocycles. The molecule has 6 nitrogen and oxygen atoms in total. The maximum absolute atomic E-state index is 12.3. The number of hydrogen-bond acceptors (Lipinski definition) is 5. The van der Waals surface area contributed by atoms with Crippen molar-refractivity contribution in [2.24, 2.45) is 0 Å². The van der Waals surface area contributed by atoms with E-state index in [1.807, 2.05) is 36.1 Å². The van der Waals surface area contributed by atoms with Gasteiger partial charge in [0.15, 0.2) is 0 Å². The molecule has 26 heavy (non-hydrogen) atoms. The third-order valence-electron chi connectivity index (χ3n) is 4.21. The predicted octanol–water partition coefficient (Wildman–Crippen LogP) is 2.64. The molecule has 1 saturated heterocycles. The Hall–Kier alpha value is -2.42. The summed E-state index contributed by atoms with van der Waals surface area (Å²) in [6.45, 7) is 3.84. The standard InChI is InChI=1S/C17H19F3N4O2/c1-12-2-4-13(5-3-12)16-21-14(26-22-16)11-23-6-8-24(9-7-23)15(25)10-17(18,19)20/h2-5H,6-11H2,1H3. The van der Waals surface area contributed by atoms with Gasteiger partial charge in [-0.05, 0) is 6.92 Å². The van der Waals surface area contributed by atoms with Gasteiger partial charge in [-0.2, -0.15) is 18.2 Å².